The first kappa shape index (κ1) is 13.4. The molecule has 1 heterocycles. The molecule has 1 aliphatic heterocycles. The number of hydrogen-bond acceptors (Lipinski definition) is 5. The Kier molecular flexibility index (Phi) is 3.20. The molecule has 0 aliphatic carbocycles. The average Bonchev–Trinajstić information content (AvgIpc) is 2.37. The molecular formula is C13H15NO5. The summed E-state index contributed by atoms with van der Waals surface area (Å²) in [7, 11) is 1.19. The monoisotopic (exact) mass is 265 g/mol. The Balaban J connectivity index is 2.33. The van der Waals surface area contributed by atoms with Crippen molar-refractivity contribution in [2.45, 2.75) is 25.6 Å². The minimum absolute atomic E-state index is 0.287. The van der Waals surface area contributed by atoms with Crippen molar-refractivity contribution in [3.8, 4) is 5.75 Å². The molecule has 1 aromatic carbocycles. The van der Waals surface area contributed by atoms with Gasteiger partial charge in [0, 0.05) is 0 Å². The van der Waals surface area contributed by atoms with Crippen molar-refractivity contribution in [3.05, 3.63) is 23.8 Å². The van der Waals surface area contributed by atoms with Crippen molar-refractivity contribution >= 4 is 17.6 Å². The summed E-state index contributed by atoms with van der Waals surface area (Å²) in [4.78, 5) is 23.0. The maximum Gasteiger partial charge on any atom is 0.339 e. The summed E-state index contributed by atoms with van der Waals surface area (Å²) in [6, 6.07) is 4.63. The first-order valence-corrected chi connectivity index (χ1v) is 5.75. The molecule has 1 unspecified atom stereocenters. The number of benzene rings is 1. The fourth-order valence-corrected chi connectivity index (χ4v) is 1.75. The highest BCUT2D eigenvalue weighted by atomic mass is 16.5. The van der Waals surface area contributed by atoms with E-state index in [-0.39, 0.29) is 5.91 Å². The van der Waals surface area contributed by atoms with Crippen LogP contribution in [0.1, 0.15) is 25.5 Å². The van der Waals surface area contributed by atoms with Crippen molar-refractivity contribution in [2.75, 3.05) is 12.4 Å². The number of carbonyl (C=O) groups excluding carboxylic acids is 2. The second kappa shape index (κ2) is 4.55. The third kappa shape index (κ3) is 2.39. The summed E-state index contributed by atoms with van der Waals surface area (Å²) in [6.07, 6.45) is -1.39. The number of methoxy groups -OCH3 is 1. The van der Waals surface area contributed by atoms with Gasteiger partial charge in [-0.25, -0.2) is 4.79 Å². The van der Waals surface area contributed by atoms with E-state index in [2.05, 4.69) is 10.1 Å². The molecule has 1 aliphatic rings. The van der Waals surface area contributed by atoms with Crippen LogP contribution in [0, 0.1) is 0 Å². The van der Waals surface area contributed by atoms with Crippen molar-refractivity contribution in [1.29, 1.82) is 0 Å². The molecule has 6 heteroatoms. The van der Waals surface area contributed by atoms with E-state index < -0.39 is 17.7 Å². The zero-order chi connectivity index (χ0) is 14.2. The number of nitrogens with one attached hydrogen (secondary N) is 1. The van der Waals surface area contributed by atoms with Gasteiger partial charge in [-0.3, -0.25) is 4.79 Å². The van der Waals surface area contributed by atoms with Gasteiger partial charge in [0.05, 0.1) is 12.8 Å². The van der Waals surface area contributed by atoms with Crippen LogP contribution >= 0.6 is 0 Å². The number of esters is 1. The number of aliphatic hydroxyl groups excluding tert-OH is 1. The van der Waals surface area contributed by atoms with Crippen LogP contribution < -0.4 is 10.1 Å². The molecule has 1 aromatic rings. The van der Waals surface area contributed by atoms with Crippen molar-refractivity contribution in [2.24, 2.45) is 0 Å². The molecule has 102 valence electrons. The summed E-state index contributed by atoms with van der Waals surface area (Å²) in [5.41, 5.74) is -0.200. The molecule has 2 rings (SSSR count). The van der Waals surface area contributed by atoms with Crippen molar-refractivity contribution in [1.82, 2.24) is 0 Å². The van der Waals surface area contributed by atoms with Gasteiger partial charge >= 0.3 is 5.97 Å². The zero-order valence-corrected chi connectivity index (χ0v) is 10.9. The predicted octanol–water partition coefficient (Wildman–Crippen LogP) is 1.00. The number of rotatable bonds is 2. The highest BCUT2D eigenvalue weighted by Gasteiger charge is 2.35. The van der Waals surface area contributed by atoms with Gasteiger partial charge in [0.15, 0.2) is 11.7 Å². The Morgan fingerprint density at radius 1 is 1.47 bits per heavy atom. The topological polar surface area (TPSA) is 84.9 Å². The third-order valence-corrected chi connectivity index (χ3v) is 2.90. The van der Waals surface area contributed by atoms with E-state index in [0.717, 1.165) is 0 Å². The van der Waals surface area contributed by atoms with E-state index in [1.54, 1.807) is 26.0 Å². The number of ether oxygens (including phenoxy) is 2. The Morgan fingerprint density at radius 3 is 2.79 bits per heavy atom. The third-order valence-electron chi connectivity index (χ3n) is 2.90. The Bertz CT molecular complexity index is 538. The summed E-state index contributed by atoms with van der Waals surface area (Å²) >= 11 is 0. The minimum atomic E-state index is -1.39. The average molecular weight is 265 g/mol. The van der Waals surface area contributed by atoms with Crippen molar-refractivity contribution < 1.29 is 24.2 Å². The van der Waals surface area contributed by atoms with Crippen LogP contribution in [0.2, 0.25) is 0 Å². The summed E-state index contributed by atoms with van der Waals surface area (Å²) in [5.74, 6) is -0.557. The lowest BCUT2D eigenvalue weighted by molar-refractivity contribution is -0.150. The zero-order valence-electron chi connectivity index (χ0n) is 10.9. The van der Waals surface area contributed by atoms with E-state index in [4.69, 9.17) is 4.74 Å². The lowest BCUT2D eigenvalue weighted by Crippen LogP contribution is -2.45. The molecule has 0 aromatic heterocycles. The number of aliphatic hydroxyl groups is 1. The van der Waals surface area contributed by atoms with Crippen LogP contribution in [0.5, 0.6) is 5.75 Å². The second-order valence-electron chi connectivity index (χ2n) is 4.75. The molecule has 0 spiro atoms. The lowest BCUT2D eigenvalue weighted by Gasteiger charge is -2.31. The quantitative estimate of drug-likeness (QED) is 0.779. The molecule has 19 heavy (non-hydrogen) atoms. The van der Waals surface area contributed by atoms with E-state index in [0.29, 0.717) is 17.0 Å². The van der Waals surface area contributed by atoms with Crippen LogP contribution in [-0.4, -0.2) is 29.7 Å². The number of anilines is 1. The highest BCUT2D eigenvalue weighted by molar-refractivity contribution is 6.00. The summed E-state index contributed by atoms with van der Waals surface area (Å²) < 4.78 is 10.0. The molecular weight excluding hydrogens is 250 g/mol. The van der Waals surface area contributed by atoms with Gasteiger partial charge in [-0.1, -0.05) is 6.07 Å². The van der Waals surface area contributed by atoms with Gasteiger partial charge in [-0.15, -0.1) is 0 Å². The standard InChI is InChI=1S/C13H15NO5/c1-13(2)12(17)14-8-6-7(4-5-9(8)19-13)10(15)11(16)18-3/h4-6,10,15H,1-3H3,(H,14,17). The maximum atomic E-state index is 11.8. The lowest BCUT2D eigenvalue weighted by atomic mass is 10.0. The summed E-state index contributed by atoms with van der Waals surface area (Å²) in [6.45, 7) is 3.31. The molecule has 0 saturated carbocycles. The fraction of sp³-hybridized carbons (Fsp3) is 0.385. The molecule has 1 atom stereocenters. The first-order valence-electron chi connectivity index (χ1n) is 5.75. The number of amides is 1. The Morgan fingerprint density at radius 2 is 2.16 bits per heavy atom. The van der Waals surface area contributed by atoms with Gasteiger partial charge in [0.2, 0.25) is 0 Å². The SMILES string of the molecule is COC(=O)C(O)c1ccc2c(c1)NC(=O)C(C)(C)O2. The van der Waals surface area contributed by atoms with Gasteiger partial charge in [-0.05, 0) is 31.5 Å². The van der Waals surface area contributed by atoms with E-state index >= 15 is 0 Å². The largest absolute Gasteiger partial charge is 0.476 e. The molecule has 0 radical (unpaired) electrons. The van der Waals surface area contributed by atoms with Crippen molar-refractivity contribution in [3.63, 3.8) is 0 Å². The predicted molar refractivity (Wildman–Crippen MR) is 66.8 cm³/mol. The van der Waals surface area contributed by atoms with E-state index in [9.17, 15) is 14.7 Å². The normalized spacial score (nSPS) is 17.8. The fourth-order valence-electron chi connectivity index (χ4n) is 1.75. The Labute approximate surface area is 110 Å². The van der Waals surface area contributed by atoms with Crippen LogP contribution in [0.15, 0.2) is 18.2 Å². The van der Waals surface area contributed by atoms with Crippen LogP contribution in [0.3, 0.4) is 0 Å². The number of fused-ring (bicyclic) bond motifs is 1. The molecule has 0 bridgehead atoms. The van der Waals surface area contributed by atoms with E-state index in [1.165, 1.54) is 13.2 Å². The molecule has 2 N–H and O–H groups in total. The Hall–Kier alpha value is -2.08. The number of hydrogen-bond donors (Lipinski definition) is 2. The van der Waals surface area contributed by atoms with Crippen LogP contribution in [0.4, 0.5) is 5.69 Å². The second-order valence-corrected chi connectivity index (χ2v) is 4.75. The smallest absolute Gasteiger partial charge is 0.339 e. The number of carbonyl (C=O) groups is 2. The van der Waals surface area contributed by atoms with Gasteiger partial charge in [0.25, 0.3) is 5.91 Å². The first-order chi connectivity index (χ1) is 8.85. The van der Waals surface area contributed by atoms with Crippen LogP contribution in [0.25, 0.3) is 0 Å². The molecule has 1 amide bonds. The van der Waals surface area contributed by atoms with Gasteiger partial charge < -0.3 is 19.9 Å². The van der Waals surface area contributed by atoms with Crippen LogP contribution in [-0.2, 0) is 14.3 Å². The van der Waals surface area contributed by atoms with Gasteiger partial charge in [-0.2, -0.15) is 0 Å². The maximum absolute atomic E-state index is 11.8. The minimum Gasteiger partial charge on any atom is -0.476 e. The molecule has 0 fully saturated rings. The van der Waals surface area contributed by atoms with E-state index in [1.807, 2.05) is 0 Å². The summed E-state index contributed by atoms with van der Waals surface area (Å²) in [5, 5.41) is 12.4. The molecule has 0 saturated heterocycles. The molecule has 6 nitrogen and oxygen atoms in total. The van der Waals surface area contributed by atoms with Gasteiger partial charge in [0.1, 0.15) is 5.75 Å². The highest BCUT2D eigenvalue weighted by Crippen LogP contribution is 2.35.